The summed E-state index contributed by atoms with van der Waals surface area (Å²) in [6.45, 7) is 0. The second-order valence-corrected chi connectivity index (χ2v) is 9.45. The molecule has 0 aliphatic carbocycles. The first-order valence-corrected chi connectivity index (χ1v) is 12.8. The van der Waals surface area contributed by atoms with E-state index in [-0.39, 0.29) is 0 Å². The van der Waals surface area contributed by atoms with Gasteiger partial charge in [0.15, 0.2) is 0 Å². The third kappa shape index (κ3) is 4.03. The van der Waals surface area contributed by atoms with E-state index in [9.17, 15) is 0 Å². The third-order valence-electron chi connectivity index (χ3n) is 7.08. The number of fused-ring (bicyclic) bond motifs is 6. The summed E-state index contributed by atoms with van der Waals surface area (Å²) in [5, 5.41) is 7.16. The fraction of sp³-hybridized carbons (Fsp3) is 0. The van der Waals surface area contributed by atoms with E-state index in [1.54, 1.807) is 0 Å². The Morgan fingerprint density at radius 1 is 0.316 bits per heavy atom. The summed E-state index contributed by atoms with van der Waals surface area (Å²) >= 11 is 0. The second-order valence-electron chi connectivity index (χ2n) is 9.45. The molecule has 0 bridgehead atoms. The zero-order valence-electron chi connectivity index (χ0n) is 20.8. The number of rotatable bonds is 4. The number of nitrogens with zero attached hydrogens (tertiary/aromatic N) is 2. The van der Waals surface area contributed by atoms with Crippen LogP contribution in [0.25, 0.3) is 67.7 Å². The molecular formula is C36H24N2. The SMILES string of the molecule is C(=Cc1nc2ccccc2c2ccccc12)c1ccc(C=Cc2nc3ccccc3c3ccccc23)cc1. The maximum Gasteiger partial charge on any atom is 0.0715 e. The molecule has 0 fully saturated rings. The highest BCUT2D eigenvalue weighted by Gasteiger charge is 2.07. The molecule has 7 rings (SSSR count). The fourth-order valence-electron chi connectivity index (χ4n) is 5.18. The molecule has 2 heterocycles. The number of hydrogen-bond acceptors (Lipinski definition) is 2. The lowest BCUT2D eigenvalue weighted by Crippen LogP contribution is -1.88. The Morgan fingerprint density at radius 2 is 0.658 bits per heavy atom. The van der Waals surface area contributed by atoms with Crippen molar-refractivity contribution in [2.75, 3.05) is 0 Å². The van der Waals surface area contributed by atoms with Gasteiger partial charge in [-0.1, -0.05) is 121 Å². The maximum atomic E-state index is 4.94. The summed E-state index contributed by atoms with van der Waals surface area (Å²) in [4.78, 5) is 9.88. The van der Waals surface area contributed by atoms with Gasteiger partial charge in [-0.3, -0.25) is 0 Å². The summed E-state index contributed by atoms with van der Waals surface area (Å²) in [6, 6.07) is 42.2. The highest BCUT2D eigenvalue weighted by atomic mass is 14.7. The maximum absolute atomic E-state index is 4.94. The first-order valence-electron chi connectivity index (χ1n) is 12.8. The average molecular weight is 485 g/mol. The van der Waals surface area contributed by atoms with Crippen LogP contribution in [-0.4, -0.2) is 9.97 Å². The lowest BCUT2D eigenvalue weighted by Gasteiger charge is -2.07. The van der Waals surface area contributed by atoms with Crippen LogP contribution < -0.4 is 0 Å². The minimum Gasteiger partial charge on any atom is -0.248 e. The second kappa shape index (κ2) is 9.42. The minimum atomic E-state index is 0.984. The van der Waals surface area contributed by atoms with Gasteiger partial charge in [-0.25, -0.2) is 9.97 Å². The highest BCUT2D eigenvalue weighted by molar-refractivity contribution is 6.09. The molecule has 2 nitrogen and oxygen atoms in total. The summed E-state index contributed by atoms with van der Waals surface area (Å²) in [5.74, 6) is 0. The van der Waals surface area contributed by atoms with Gasteiger partial charge < -0.3 is 0 Å². The number of aromatic nitrogens is 2. The summed E-state index contributed by atoms with van der Waals surface area (Å²) in [7, 11) is 0. The van der Waals surface area contributed by atoms with Gasteiger partial charge >= 0.3 is 0 Å². The van der Waals surface area contributed by atoms with Crippen LogP contribution in [-0.2, 0) is 0 Å². The van der Waals surface area contributed by atoms with Crippen LogP contribution in [0.2, 0.25) is 0 Å². The lowest BCUT2D eigenvalue weighted by atomic mass is 10.0. The Hall–Kier alpha value is -5.08. The molecule has 38 heavy (non-hydrogen) atoms. The Kier molecular flexibility index (Phi) is 5.49. The van der Waals surface area contributed by atoms with E-state index in [1.165, 1.54) is 21.5 Å². The van der Waals surface area contributed by atoms with Gasteiger partial charge in [0.25, 0.3) is 0 Å². The smallest absolute Gasteiger partial charge is 0.0715 e. The van der Waals surface area contributed by atoms with Gasteiger partial charge in [0.1, 0.15) is 0 Å². The fourth-order valence-corrected chi connectivity index (χ4v) is 5.18. The van der Waals surface area contributed by atoms with Crippen LogP contribution in [0.5, 0.6) is 0 Å². The molecule has 2 heteroatoms. The molecule has 7 aromatic rings. The molecule has 0 atom stereocenters. The van der Waals surface area contributed by atoms with Crippen molar-refractivity contribution in [3.63, 3.8) is 0 Å². The van der Waals surface area contributed by atoms with Crippen LogP contribution in [0.15, 0.2) is 121 Å². The van der Waals surface area contributed by atoms with Gasteiger partial charge in [-0.05, 0) is 46.2 Å². The van der Waals surface area contributed by atoms with E-state index in [4.69, 9.17) is 9.97 Å². The Morgan fingerprint density at radius 3 is 1.08 bits per heavy atom. The van der Waals surface area contributed by atoms with Crippen molar-refractivity contribution in [2.24, 2.45) is 0 Å². The van der Waals surface area contributed by atoms with E-state index in [0.717, 1.165) is 44.3 Å². The molecule has 0 unspecified atom stereocenters. The van der Waals surface area contributed by atoms with E-state index in [0.29, 0.717) is 0 Å². The zero-order valence-corrected chi connectivity index (χ0v) is 20.8. The number of hydrogen-bond donors (Lipinski definition) is 0. The van der Waals surface area contributed by atoms with Gasteiger partial charge in [0, 0.05) is 21.5 Å². The third-order valence-corrected chi connectivity index (χ3v) is 7.08. The van der Waals surface area contributed by atoms with Crippen molar-refractivity contribution in [1.82, 2.24) is 9.97 Å². The van der Waals surface area contributed by atoms with Crippen molar-refractivity contribution in [3.8, 4) is 0 Å². The predicted molar refractivity (Wildman–Crippen MR) is 163 cm³/mol. The van der Waals surface area contributed by atoms with Gasteiger partial charge in [-0.2, -0.15) is 0 Å². The Labute approximate surface area is 221 Å². The lowest BCUT2D eigenvalue weighted by molar-refractivity contribution is 1.40. The summed E-state index contributed by atoms with van der Waals surface area (Å²) in [5.41, 5.74) is 6.27. The van der Waals surface area contributed by atoms with E-state index >= 15 is 0 Å². The largest absolute Gasteiger partial charge is 0.248 e. The van der Waals surface area contributed by atoms with Crippen molar-refractivity contribution >= 4 is 67.7 Å². The van der Waals surface area contributed by atoms with Crippen LogP contribution in [0.4, 0.5) is 0 Å². The van der Waals surface area contributed by atoms with E-state index in [2.05, 4.69) is 133 Å². The topological polar surface area (TPSA) is 25.8 Å². The van der Waals surface area contributed by atoms with Crippen molar-refractivity contribution in [2.45, 2.75) is 0 Å². The Balaban J connectivity index is 1.19. The van der Waals surface area contributed by atoms with Crippen molar-refractivity contribution in [1.29, 1.82) is 0 Å². The molecule has 0 radical (unpaired) electrons. The van der Waals surface area contributed by atoms with Crippen LogP contribution in [0.3, 0.4) is 0 Å². The number of para-hydroxylation sites is 2. The molecule has 0 aliphatic heterocycles. The summed E-state index contributed by atoms with van der Waals surface area (Å²) in [6.07, 6.45) is 8.50. The van der Waals surface area contributed by atoms with Crippen molar-refractivity contribution in [3.05, 3.63) is 144 Å². The van der Waals surface area contributed by atoms with Gasteiger partial charge in [-0.15, -0.1) is 0 Å². The van der Waals surface area contributed by atoms with E-state index in [1.807, 2.05) is 12.1 Å². The molecule has 2 aromatic heterocycles. The molecular weight excluding hydrogens is 460 g/mol. The standard InChI is InChI=1S/C36H24N2/c1-3-11-31-27(9-1)29-13-5-7-15-33(29)37-35(31)23-21-25-17-19-26(20-18-25)22-24-36-32-12-4-2-10-28(32)30-14-6-8-16-34(30)38-36/h1-24H. The average Bonchev–Trinajstić information content (AvgIpc) is 2.99. The summed E-state index contributed by atoms with van der Waals surface area (Å²) < 4.78 is 0. The molecule has 5 aromatic carbocycles. The number of pyridine rings is 2. The quantitative estimate of drug-likeness (QED) is 0.233. The normalized spacial score (nSPS) is 12.0. The van der Waals surface area contributed by atoms with Crippen LogP contribution in [0, 0.1) is 0 Å². The number of benzene rings is 5. The minimum absolute atomic E-state index is 0.984. The first kappa shape index (κ1) is 22.1. The molecule has 178 valence electrons. The predicted octanol–water partition coefficient (Wildman–Crippen LogP) is 9.43. The Bertz CT molecular complexity index is 1870. The molecule has 0 saturated carbocycles. The molecule has 0 amide bonds. The van der Waals surface area contributed by atoms with Crippen LogP contribution in [0.1, 0.15) is 22.5 Å². The molecule has 0 saturated heterocycles. The first-order chi connectivity index (χ1) is 18.8. The van der Waals surface area contributed by atoms with Crippen molar-refractivity contribution < 1.29 is 0 Å². The van der Waals surface area contributed by atoms with Gasteiger partial charge in [0.05, 0.1) is 22.4 Å². The molecule has 0 spiro atoms. The monoisotopic (exact) mass is 484 g/mol. The van der Waals surface area contributed by atoms with Crippen LogP contribution >= 0.6 is 0 Å². The van der Waals surface area contributed by atoms with Gasteiger partial charge in [0.2, 0.25) is 0 Å². The van der Waals surface area contributed by atoms with E-state index < -0.39 is 0 Å². The zero-order chi connectivity index (χ0) is 25.3. The highest BCUT2D eigenvalue weighted by Crippen LogP contribution is 2.29. The molecule has 0 aliphatic rings. The molecule has 0 N–H and O–H groups in total.